The van der Waals surface area contributed by atoms with Crippen LogP contribution in [0.3, 0.4) is 0 Å². The maximum Gasteiger partial charge on any atom is 0.196 e. The number of benzene rings is 1. The Morgan fingerprint density at radius 3 is 2.26 bits per heavy atom. The summed E-state index contributed by atoms with van der Waals surface area (Å²) in [5.41, 5.74) is 1.71. The molecule has 0 atom stereocenters. The Labute approximate surface area is 112 Å². The quantitative estimate of drug-likeness (QED) is 0.767. The number of carbonyl (C=O) groups is 1. The third-order valence-corrected chi connectivity index (χ3v) is 3.03. The molecule has 1 heterocycles. The molecule has 0 aliphatic heterocycles. The van der Waals surface area contributed by atoms with Crippen LogP contribution in [0.25, 0.3) is 0 Å². The molecule has 2 rings (SSSR count). The predicted molar refractivity (Wildman–Crippen MR) is 72.8 cm³/mol. The zero-order valence-corrected chi connectivity index (χ0v) is 11.3. The molecular weight excluding hydrogens is 241 g/mol. The molecule has 0 aliphatic carbocycles. The third-order valence-electron chi connectivity index (χ3n) is 3.03. The molecule has 0 saturated heterocycles. The van der Waals surface area contributed by atoms with Gasteiger partial charge in [-0.25, -0.2) is 4.39 Å². The van der Waals surface area contributed by atoms with Crippen molar-refractivity contribution in [2.45, 2.75) is 26.2 Å². The molecule has 0 saturated carbocycles. The molecule has 0 spiro atoms. The van der Waals surface area contributed by atoms with Crippen molar-refractivity contribution in [3.8, 4) is 0 Å². The van der Waals surface area contributed by atoms with Crippen LogP contribution < -0.4 is 0 Å². The molecule has 0 bridgehead atoms. The fourth-order valence-electron chi connectivity index (χ4n) is 1.84. The Balaban J connectivity index is 2.34. The van der Waals surface area contributed by atoms with Crippen LogP contribution in [-0.4, -0.2) is 10.8 Å². The second kappa shape index (κ2) is 4.92. The highest BCUT2D eigenvalue weighted by Gasteiger charge is 2.16. The molecular formula is C16H16FNO. The predicted octanol–water partition coefficient (Wildman–Crippen LogP) is 3.75. The second-order valence-corrected chi connectivity index (χ2v) is 5.51. The summed E-state index contributed by atoms with van der Waals surface area (Å²) in [5, 5.41) is 0. The van der Waals surface area contributed by atoms with E-state index in [1.165, 1.54) is 12.3 Å². The standard InChI is InChI=1S/C16H16FNO/c1-16(2,3)12-6-4-11(5-7-12)15(19)13-8-9-18-10-14(13)17/h4-10H,1-3H3. The number of rotatable bonds is 2. The van der Waals surface area contributed by atoms with Crippen LogP contribution in [0.4, 0.5) is 4.39 Å². The van der Waals surface area contributed by atoms with E-state index in [1.807, 2.05) is 12.1 Å². The molecule has 0 radical (unpaired) electrons. The van der Waals surface area contributed by atoms with Gasteiger partial charge in [0.15, 0.2) is 11.6 Å². The van der Waals surface area contributed by atoms with Gasteiger partial charge in [-0.2, -0.15) is 0 Å². The zero-order chi connectivity index (χ0) is 14.0. The maximum atomic E-state index is 13.5. The van der Waals surface area contributed by atoms with Crippen LogP contribution in [0, 0.1) is 5.82 Å². The first-order valence-corrected chi connectivity index (χ1v) is 6.14. The van der Waals surface area contributed by atoms with Gasteiger partial charge in [-0.3, -0.25) is 9.78 Å². The Morgan fingerprint density at radius 2 is 1.74 bits per heavy atom. The lowest BCUT2D eigenvalue weighted by molar-refractivity contribution is 0.103. The number of aromatic nitrogens is 1. The number of halogens is 1. The molecule has 98 valence electrons. The summed E-state index contributed by atoms with van der Waals surface area (Å²) in [6, 6.07) is 8.69. The first-order valence-electron chi connectivity index (χ1n) is 6.14. The average molecular weight is 257 g/mol. The van der Waals surface area contributed by atoms with Gasteiger partial charge in [0.1, 0.15) is 0 Å². The molecule has 19 heavy (non-hydrogen) atoms. The Kier molecular flexibility index (Phi) is 3.47. The number of hydrogen-bond acceptors (Lipinski definition) is 2. The SMILES string of the molecule is CC(C)(C)c1ccc(C(=O)c2ccncc2F)cc1. The van der Waals surface area contributed by atoms with Crippen molar-refractivity contribution in [3.05, 3.63) is 65.2 Å². The van der Waals surface area contributed by atoms with Gasteiger partial charge in [0.05, 0.1) is 11.8 Å². The summed E-state index contributed by atoms with van der Waals surface area (Å²) in [7, 11) is 0. The van der Waals surface area contributed by atoms with Crippen LogP contribution in [-0.2, 0) is 5.41 Å². The number of hydrogen-bond donors (Lipinski definition) is 0. The molecule has 2 nitrogen and oxygen atoms in total. The average Bonchev–Trinajstić information content (AvgIpc) is 2.38. The van der Waals surface area contributed by atoms with E-state index in [0.717, 1.165) is 11.8 Å². The van der Waals surface area contributed by atoms with Gasteiger partial charge in [0.25, 0.3) is 0 Å². The van der Waals surface area contributed by atoms with Gasteiger partial charge in [-0.1, -0.05) is 45.0 Å². The van der Waals surface area contributed by atoms with Crippen LogP contribution in [0.15, 0.2) is 42.7 Å². The van der Waals surface area contributed by atoms with E-state index in [9.17, 15) is 9.18 Å². The van der Waals surface area contributed by atoms with E-state index in [1.54, 1.807) is 12.1 Å². The summed E-state index contributed by atoms with van der Waals surface area (Å²) in [6.45, 7) is 6.31. The van der Waals surface area contributed by atoms with Crippen molar-refractivity contribution < 1.29 is 9.18 Å². The van der Waals surface area contributed by atoms with E-state index in [-0.39, 0.29) is 16.8 Å². The molecule has 0 aliphatic rings. The highest BCUT2D eigenvalue weighted by Crippen LogP contribution is 2.23. The van der Waals surface area contributed by atoms with E-state index in [2.05, 4.69) is 25.8 Å². The minimum atomic E-state index is -0.590. The van der Waals surface area contributed by atoms with Gasteiger partial charge >= 0.3 is 0 Å². The summed E-state index contributed by atoms with van der Waals surface area (Å²) in [6.07, 6.45) is 2.47. The van der Waals surface area contributed by atoms with Gasteiger partial charge in [0.2, 0.25) is 0 Å². The molecule has 0 N–H and O–H groups in total. The fourth-order valence-corrected chi connectivity index (χ4v) is 1.84. The highest BCUT2D eigenvalue weighted by molar-refractivity contribution is 6.09. The number of ketones is 1. The van der Waals surface area contributed by atoms with E-state index in [4.69, 9.17) is 0 Å². The zero-order valence-electron chi connectivity index (χ0n) is 11.3. The van der Waals surface area contributed by atoms with Crippen molar-refractivity contribution in [1.82, 2.24) is 4.98 Å². The fraction of sp³-hybridized carbons (Fsp3) is 0.250. The van der Waals surface area contributed by atoms with Crippen LogP contribution in [0.1, 0.15) is 42.3 Å². The second-order valence-electron chi connectivity index (χ2n) is 5.51. The molecule has 0 fully saturated rings. The smallest absolute Gasteiger partial charge is 0.196 e. The van der Waals surface area contributed by atoms with E-state index in [0.29, 0.717) is 5.56 Å². The summed E-state index contributed by atoms with van der Waals surface area (Å²) < 4.78 is 13.5. The molecule has 3 heteroatoms. The van der Waals surface area contributed by atoms with Gasteiger partial charge < -0.3 is 0 Å². The third kappa shape index (κ3) is 2.87. The normalized spacial score (nSPS) is 11.4. The first kappa shape index (κ1) is 13.4. The van der Waals surface area contributed by atoms with Crippen molar-refractivity contribution >= 4 is 5.78 Å². The van der Waals surface area contributed by atoms with Gasteiger partial charge in [-0.05, 0) is 17.0 Å². The molecule has 1 aromatic carbocycles. The van der Waals surface area contributed by atoms with Crippen molar-refractivity contribution in [3.63, 3.8) is 0 Å². The Bertz CT molecular complexity index is 597. The minimum Gasteiger partial charge on any atom is -0.288 e. The van der Waals surface area contributed by atoms with Crippen molar-refractivity contribution in [2.75, 3.05) is 0 Å². The van der Waals surface area contributed by atoms with Gasteiger partial charge in [-0.15, -0.1) is 0 Å². The summed E-state index contributed by atoms with van der Waals surface area (Å²) >= 11 is 0. The summed E-state index contributed by atoms with van der Waals surface area (Å²) in [4.78, 5) is 15.8. The molecule has 2 aromatic rings. The maximum absolute atomic E-state index is 13.5. The molecule has 0 unspecified atom stereocenters. The lowest BCUT2D eigenvalue weighted by atomic mass is 9.86. The first-order chi connectivity index (χ1) is 8.89. The Morgan fingerprint density at radius 1 is 1.11 bits per heavy atom. The lowest BCUT2D eigenvalue weighted by Crippen LogP contribution is -2.11. The van der Waals surface area contributed by atoms with Crippen LogP contribution >= 0.6 is 0 Å². The Hall–Kier alpha value is -2.03. The largest absolute Gasteiger partial charge is 0.288 e. The topological polar surface area (TPSA) is 30.0 Å². The van der Waals surface area contributed by atoms with E-state index < -0.39 is 5.82 Å². The number of carbonyl (C=O) groups excluding carboxylic acids is 1. The van der Waals surface area contributed by atoms with Crippen LogP contribution in [0.2, 0.25) is 0 Å². The van der Waals surface area contributed by atoms with Gasteiger partial charge in [0, 0.05) is 11.8 Å². The monoisotopic (exact) mass is 257 g/mol. The number of nitrogens with zero attached hydrogens (tertiary/aromatic N) is 1. The highest BCUT2D eigenvalue weighted by atomic mass is 19.1. The molecule has 1 aromatic heterocycles. The minimum absolute atomic E-state index is 0.0312. The van der Waals surface area contributed by atoms with Crippen molar-refractivity contribution in [1.29, 1.82) is 0 Å². The summed E-state index contributed by atoms with van der Waals surface area (Å²) in [5.74, 6) is -0.909. The molecule has 0 amide bonds. The lowest BCUT2D eigenvalue weighted by Gasteiger charge is -2.19. The number of pyridine rings is 1. The van der Waals surface area contributed by atoms with Crippen LogP contribution in [0.5, 0.6) is 0 Å². The van der Waals surface area contributed by atoms with Crippen molar-refractivity contribution in [2.24, 2.45) is 0 Å². The van der Waals surface area contributed by atoms with E-state index >= 15 is 0 Å².